The lowest BCUT2D eigenvalue weighted by atomic mass is 9.91. The number of nitrogens with one attached hydrogen (secondary N) is 1. The van der Waals surface area contributed by atoms with Crippen molar-refractivity contribution in [2.75, 3.05) is 12.4 Å². The van der Waals surface area contributed by atoms with Crippen LogP contribution in [0, 0.1) is 0 Å². The smallest absolute Gasteiger partial charge is 0.122 e. The van der Waals surface area contributed by atoms with E-state index in [2.05, 4.69) is 24.4 Å². The molecular formula is C15H24N2O. The minimum atomic E-state index is 0.283. The van der Waals surface area contributed by atoms with Gasteiger partial charge in [0, 0.05) is 17.8 Å². The Kier molecular flexibility index (Phi) is 4.48. The molecule has 0 bridgehead atoms. The molecule has 1 aliphatic carbocycles. The van der Waals surface area contributed by atoms with Crippen LogP contribution >= 0.6 is 0 Å². The van der Waals surface area contributed by atoms with Gasteiger partial charge in [0.25, 0.3) is 0 Å². The van der Waals surface area contributed by atoms with Gasteiger partial charge in [-0.1, -0.05) is 19.8 Å². The fourth-order valence-corrected chi connectivity index (χ4v) is 2.70. The van der Waals surface area contributed by atoms with Gasteiger partial charge in [0.2, 0.25) is 0 Å². The van der Waals surface area contributed by atoms with E-state index in [1.807, 2.05) is 6.07 Å². The van der Waals surface area contributed by atoms with Gasteiger partial charge in [-0.15, -0.1) is 0 Å². The Balaban J connectivity index is 2.08. The van der Waals surface area contributed by atoms with Crippen molar-refractivity contribution in [3.8, 4) is 5.75 Å². The molecule has 2 atom stereocenters. The second kappa shape index (κ2) is 6.10. The molecule has 3 heteroatoms. The van der Waals surface area contributed by atoms with Crippen molar-refractivity contribution in [2.24, 2.45) is 5.73 Å². The molecule has 1 fully saturated rings. The lowest BCUT2D eigenvalue weighted by Crippen LogP contribution is -2.42. The molecule has 1 saturated carbocycles. The van der Waals surface area contributed by atoms with Gasteiger partial charge in [-0.2, -0.15) is 0 Å². The van der Waals surface area contributed by atoms with E-state index in [4.69, 9.17) is 10.5 Å². The Morgan fingerprint density at radius 1 is 1.33 bits per heavy atom. The molecule has 0 spiro atoms. The molecule has 0 aliphatic heterocycles. The van der Waals surface area contributed by atoms with Gasteiger partial charge >= 0.3 is 0 Å². The van der Waals surface area contributed by atoms with E-state index in [0.29, 0.717) is 6.04 Å². The van der Waals surface area contributed by atoms with Crippen LogP contribution in [0.3, 0.4) is 0 Å². The molecule has 1 aromatic rings. The van der Waals surface area contributed by atoms with Crippen molar-refractivity contribution in [1.29, 1.82) is 0 Å². The summed E-state index contributed by atoms with van der Waals surface area (Å²) >= 11 is 0. The van der Waals surface area contributed by atoms with E-state index in [1.165, 1.54) is 24.8 Å². The quantitative estimate of drug-likeness (QED) is 0.861. The van der Waals surface area contributed by atoms with Crippen LogP contribution in [0.2, 0.25) is 0 Å². The highest BCUT2D eigenvalue weighted by atomic mass is 16.5. The van der Waals surface area contributed by atoms with Crippen LogP contribution in [0.25, 0.3) is 0 Å². The number of ether oxygens (including phenoxy) is 1. The van der Waals surface area contributed by atoms with E-state index in [-0.39, 0.29) is 6.04 Å². The van der Waals surface area contributed by atoms with Crippen molar-refractivity contribution in [3.05, 3.63) is 23.8 Å². The zero-order valence-corrected chi connectivity index (χ0v) is 11.4. The number of aryl methyl sites for hydroxylation is 1. The third-order valence-electron chi connectivity index (χ3n) is 3.83. The lowest BCUT2D eigenvalue weighted by molar-refractivity contribution is 0.403. The van der Waals surface area contributed by atoms with Crippen LogP contribution in [-0.4, -0.2) is 19.2 Å². The zero-order chi connectivity index (χ0) is 13.0. The highest BCUT2D eigenvalue weighted by Gasteiger charge is 2.21. The van der Waals surface area contributed by atoms with Gasteiger partial charge in [-0.05, 0) is 43.0 Å². The van der Waals surface area contributed by atoms with Crippen LogP contribution in [0.5, 0.6) is 5.75 Å². The maximum atomic E-state index is 6.17. The number of methoxy groups -OCH3 is 1. The van der Waals surface area contributed by atoms with E-state index >= 15 is 0 Å². The molecule has 2 rings (SSSR count). The normalized spacial score (nSPS) is 23.7. The second-order valence-electron chi connectivity index (χ2n) is 5.08. The SMILES string of the molecule is CCc1cc(NC2CCCCC2N)ccc1OC. The first-order chi connectivity index (χ1) is 8.74. The van der Waals surface area contributed by atoms with E-state index < -0.39 is 0 Å². The predicted octanol–water partition coefficient (Wildman–Crippen LogP) is 2.94. The van der Waals surface area contributed by atoms with E-state index in [0.717, 1.165) is 24.3 Å². The molecule has 100 valence electrons. The standard InChI is InChI=1S/C15H24N2O/c1-3-11-10-12(8-9-15(11)18-2)17-14-7-5-4-6-13(14)16/h8-10,13-14,17H,3-7,16H2,1-2H3. The molecule has 2 unspecified atom stereocenters. The van der Waals surface area contributed by atoms with E-state index in [9.17, 15) is 0 Å². The van der Waals surface area contributed by atoms with Gasteiger partial charge in [0.1, 0.15) is 5.75 Å². The van der Waals surface area contributed by atoms with Crippen molar-refractivity contribution in [2.45, 2.75) is 51.1 Å². The Morgan fingerprint density at radius 3 is 2.78 bits per heavy atom. The molecule has 0 amide bonds. The molecule has 3 nitrogen and oxygen atoms in total. The minimum Gasteiger partial charge on any atom is -0.496 e. The first-order valence-electron chi connectivity index (χ1n) is 6.93. The highest BCUT2D eigenvalue weighted by molar-refractivity contribution is 5.52. The number of anilines is 1. The van der Waals surface area contributed by atoms with Gasteiger partial charge < -0.3 is 15.8 Å². The van der Waals surface area contributed by atoms with Gasteiger partial charge in [-0.3, -0.25) is 0 Å². The van der Waals surface area contributed by atoms with Crippen LogP contribution < -0.4 is 15.8 Å². The fraction of sp³-hybridized carbons (Fsp3) is 0.600. The summed E-state index contributed by atoms with van der Waals surface area (Å²) in [5, 5.41) is 3.58. The van der Waals surface area contributed by atoms with Gasteiger partial charge in [-0.25, -0.2) is 0 Å². The average Bonchev–Trinajstić information content (AvgIpc) is 2.41. The first kappa shape index (κ1) is 13.2. The number of hydrogen-bond acceptors (Lipinski definition) is 3. The van der Waals surface area contributed by atoms with Crippen LogP contribution in [-0.2, 0) is 6.42 Å². The Bertz CT molecular complexity index is 392. The number of hydrogen-bond donors (Lipinski definition) is 2. The summed E-state index contributed by atoms with van der Waals surface area (Å²) < 4.78 is 5.35. The first-order valence-corrected chi connectivity index (χ1v) is 6.93. The summed E-state index contributed by atoms with van der Waals surface area (Å²) in [6, 6.07) is 7.00. The molecule has 3 N–H and O–H groups in total. The molecule has 1 aromatic carbocycles. The monoisotopic (exact) mass is 248 g/mol. The topological polar surface area (TPSA) is 47.3 Å². The number of rotatable bonds is 4. The molecule has 0 heterocycles. The van der Waals surface area contributed by atoms with Crippen molar-refractivity contribution in [3.63, 3.8) is 0 Å². The summed E-state index contributed by atoms with van der Waals surface area (Å²) in [5.74, 6) is 0.969. The summed E-state index contributed by atoms with van der Waals surface area (Å²) in [6.07, 6.45) is 5.84. The van der Waals surface area contributed by atoms with Gasteiger partial charge in [0.15, 0.2) is 0 Å². The number of benzene rings is 1. The summed E-state index contributed by atoms with van der Waals surface area (Å²) in [7, 11) is 1.72. The molecular weight excluding hydrogens is 224 g/mol. The predicted molar refractivity (Wildman–Crippen MR) is 76.2 cm³/mol. The molecule has 0 radical (unpaired) electrons. The van der Waals surface area contributed by atoms with E-state index in [1.54, 1.807) is 7.11 Å². The third-order valence-corrected chi connectivity index (χ3v) is 3.83. The second-order valence-corrected chi connectivity index (χ2v) is 5.08. The fourth-order valence-electron chi connectivity index (χ4n) is 2.70. The molecule has 0 aromatic heterocycles. The van der Waals surface area contributed by atoms with Crippen LogP contribution in [0.15, 0.2) is 18.2 Å². The Labute approximate surface area is 110 Å². The number of nitrogens with two attached hydrogens (primary N) is 1. The van der Waals surface area contributed by atoms with Crippen LogP contribution in [0.4, 0.5) is 5.69 Å². The Morgan fingerprint density at radius 2 is 2.11 bits per heavy atom. The largest absolute Gasteiger partial charge is 0.496 e. The summed E-state index contributed by atoms with van der Waals surface area (Å²) in [4.78, 5) is 0. The summed E-state index contributed by atoms with van der Waals surface area (Å²) in [6.45, 7) is 2.15. The van der Waals surface area contributed by atoms with Crippen molar-refractivity contribution < 1.29 is 4.74 Å². The van der Waals surface area contributed by atoms with Crippen LogP contribution in [0.1, 0.15) is 38.2 Å². The zero-order valence-electron chi connectivity index (χ0n) is 11.4. The highest BCUT2D eigenvalue weighted by Crippen LogP contribution is 2.26. The minimum absolute atomic E-state index is 0.283. The molecule has 0 saturated heterocycles. The van der Waals surface area contributed by atoms with Gasteiger partial charge in [0.05, 0.1) is 7.11 Å². The molecule has 18 heavy (non-hydrogen) atoms. The van der Waals surface area contributed by atoms with Crippen molar-refractivity contribution in [1.82, 2.24) is 0 Å². The lowest BCUT2D eigenvalue weighted by Gasteiger charge is -2.30. The summed E-state index contributed by atoms with van der Waals surface area (Å²) in [5.41, 5.74) is 8.57. The maximum absolute atomic E-state index is 6.17. The molecule has 1 aliphatic rings. The Hall–Kier alpha value is -1.22. The third kappa shape index (κ3) is 2.96. The van der Waals surface area contributed by atoms with Crippen molar-refractivity contribution >= 4 is 5.69 Å². The average molecular weight is 248 g/mol. The maximum Gasteiger partial charge on any atom is 0.122 e.